The summed E-state index contributed by atoms with van der Waals surface area (Å²) in [5.74, 6) is 1.70. The fraction of sp³-hybridized carbons (Fsp3) is 0.480. The van der Waals surface area contributed by atoms with E-state index in [4.69, 9.17) is 14.5 Å². The van der Waals surface area contributed by atoms with Crippen LogP contribution >= 0.6 is 0 Å². The van der Waals surface area contributed by atoms with Gasteiger partial charge in [0.1, 0.15) is 0 Å². The Balaban J connectivity index is 1.57. The highest BCUT2D eigenvalue weighted by Gasteiger charge is 2.30. The number of aryl methyl sites for hydroxylation is 1. The number of piperidine rings is 1. The predicted molar refractivity (Wildman–Crippen MR) is 121 cm³/mol. The number of carbonyl (C=O) groups excluding carboxylic acids is 2. The molecule has 2 aliphatic heterocycles. The fourth-order valence-electron chi connectivity index (χ4n) is 4.76. The number of nitrogens with zero attached hydrogens (tertiary/aromatic N) is 3. The van der Waals surface area contributed by atoms with Crippen LogP contribution in [0.4, 0.5) is 0 Å². The zero-order valence-electron chi connectivity index (χ0n) is 19.3. The second-order valence-corrected chi connectivity index (χ2v) is 8.62. The van der Waals surface area contributed by atoms with Crippen LogP contribution in [0.1, 0.15) is 58.6 Å². The maximum absolute atomic E-state index is 13.6. The number of pyridine rings is 1. The lowest BCUT2D eigenvalue weighted by Gasteiger charge is -2.33. The molecule has 0 bridgehead atoms. The Morgan fingerprint density at radius 3 is 2.25 bits per heavy atom. The largest absolute Gasteiger partial charge is 0.493 e. The summed E-state index contributed by atoms with van der Waals surface area (Å²) >= 11 is 0. The quantitative estimate of drug-likeness (QED) is 0.734. The van der Waals surface area contributed by atoms with E-state index >= 15 is 0 Å². The first-order valence-electron chi connectivity index (χ1n) is 11.2. The summed E-state index contributed by atoms with van der Waals surface area (Å²) in [6.07, 6.45) is 2.43. The molecule has 0 aliphatic carbocycles. The van der Waals surface area contributed by atoms with Gasteiger partial charge in [0.2, 0.25) is 5.91 Å². The summed E-state index contributed by atoms with van der Waals surface area (Å²) < 4.78 is 10.9. The Hall–Kier alpha value is -3.09. The molecule has 1 aromatic carbocycles. The smallest absolute Gasteiger partial charge is 0.256 e. The molecular weight excluding hydrogens is 406 g/mol. The molecule has 2 amide bonds. The van der Waals surface area contributed by atoms with E-state index in [0.717, 1.165) is 36.2 Å². The van der Waals surface area contributed by atoms with Crippen LogP contribution in [0.25, 0.3) is 0 Å². The van der Waals surface area contributed by atoms with E-state index in [1.165, 1.54) is 5.56 Å². The Morgan fingerprint density at radius 1 is 0.969 bits per heavy atom. The normalized spacial score (nSPS) is 16.5. The van der Waals surface area contributed by atoms with E-state index in [2.05, 4.69) is 0 Å². The number of benzene rings is 1. The highest BCUT2D eigenvalue weighted by molar-refractivity contribution is 5.95. The number of ether oxygens (including phenoxy) is 2. The predicted octanol–water partition coefficient (Wildman–Crippen LogP) is 3.33. The lowest BCUT2D eigenvalue weighted by Crippen LogP contribution is -2.38. The standard InChI is InChI=1S/C25H31N3O4/c1-16-5-6-21(24(26-16)18-7-10-27(11-8-18)17(2)29)25(30)28-12-9-19-13-22(31-3)23(32-4)14-20(19)15-28/h5-6,13-14,18H,7-12,15H2,1-4H3. The Labute approximate surface area is 189 Å². The monoisotopic (exact) mass is 437 g/mol. The maximum Gasteiger partial charge on any atom is 0.256 e. The molecule has 0 radical (unpaired) electrons. The molecule has 1 aromatic heterocycles. The molecule has 0 unspecified atom stereocenters. The number of methoxy groups -OCH3 is 2. The van der Waals surface area contributed by atoms with E-state index in [1.807, 2.05) is 41.0 Å². The molecule has 1 fully saturated rings. The fourth-order valence-corrected chi connectivity index (χ4v) is 4.76. The van der Waals surface area contributed by atoms with E-state index in [-0.39, 0.29) is 17.7 Å². The summed E-state index contributed by atoms with van der Waals surface area (Å²) in [6, 6.07) is 7.81. The van der Waals surface area contributed by atoms with Gasteiger partial charge in [0.25, 0.3) is 5.91 Å². The van der Waals surface area contributed by atoms with Gasteiger partial charge in [-0.05, 0) is 61.6 Å². The molecule has 2 aliphatic rings. The van der Waals surface area contributed by atoms with Crippen LogP contribution in [0, 0.1) is 6.92 Å². The van der Waals surface area contributed by atoms with E-state index in [0.29, 0.717) is 43.2 Å². The molecule has 0 N–H and O–H groups in total. The highest BCUT2D eigenvalue weighted by Crippen LogP contribution is 2.35. The van der Waals surface area contributed by atoms with Crippen molar-refractivity contribution in [2.24, 2.45) is 0 Å². The van der Waals surface area contributed by atoms with Gasteiger partial charge in [-0.2, -0.15) is 0 Å². The molecule has 0 spiro atoms. The zero-order chi connectivity index (χ0) is 22.8. The minimum absolute atomic E-state index is 0.0157. The van der Waals surface area contributed by atoms with Crippen molar-refractivity contribution in [2.45, 2.75) is 45.6 Å². The van der Waals surface area contributed by atoms with Gasteiger partial charge in [-0.3, -0.25) is 14.6 Å². The summed E-state index contributed by atoms with van der Waals surface area (Å²) in [5.41, 5.74) is 4.73. The lowest BCUT2D eigenvalue weighted by molar-refractivity contribution is -0.129. The first-order chi connectivity index (χ1) is 15.4. The molecule has 170 valence electrons. The van der Waals surface area contributed by atoms with Crippen molar-refractivity contribution in [3.63, 3.8) is 0 Å². The molecule has 3 heterocycles. The number of fused-ring (bicyclic) bond motifs is 1. The number of amides is 2. The number of likely N-dealkylation sites (tertiary alicyclic amines) is 1. The second kappa shape index (κ2) is 9.18. The molecule has 4 rings (SSSR count). The van der Waals surface area contributed by atoms with Crippen LogP contribution in [0.3, 0.4) is 0 Å². The van der Waals surface area contributed by atoms with Crippen LogP contribution in [-0.4, -0.2) is 60.5 Å². The Morgan fingerprint density at radius 2 is 1.62 bits per heavy atom. The molecule has 0 saturated carbocycles. The van der Waals surface area contributed by atoms with Crippen molar-refractivity contribution in [1.82, 2.24) is 14.8 Å². The van der Waals surface area contributed by atoms with Crippen molar-refractivity contribution >= 4 is 11.8 Å². The molecule has 2 aromatic rings. The van der Waals surface area contributed by atoms with Gasteiger partial charge in [0.15, 0.2) is 11.5 Å². The second-order valence-electron chi connectivity index (χ2n) is 8.62. The molecule has 0 atom stereocenters. The lowest BCUT2D eigenvalue weighted by atomic mass is 9.89. The molecule has 1 saturated heterocycles. The number of hydrogen-bond donors (Lipinski definition) is 0. The topological polar surface area (TPSA) is 72.0 Å². The van der Waals surface area contributed by atoms with Crippen LogP contribution in [0.5, 0.6) is 11.5 Å². The van der Waals surface area contributed by atoms with Crippen molar-refractivity contribution in [3.8, 4) is 11.5 Å². The summed E-state index contributed by atoms with van der Waals surface area (Å²) in [4.78, 5) is 33.9. The van der Waals surface area contributed by atoms with Gasteiger partial charge in [0, 0.05) is 44.7 Å². The Kier molecular flexibility index (Phi) is 6.35. The SMILES string of the molecule is COc1cc2c(cc1OC)CN(C(=O)c1ccc(C)nc1C1CCN(C(C)=O)CC1)CC2. The van der Waals surface area contributed by atoms with Gasteiger partial charge in [-0.15, -0.1) is 0 Å². The minimum Gasteiger partial charge on any atom is -0.493 e. The van der Waals surface area contributed by atoms with Crippen molar-refractivity contribution in [3.05, 3.63) is 52.3 Å². The third-order valence-corrected chi connectivity index (χ3v) is 6.63. The van der Waals surface area contributed by atoms with Crippen LogP contribution in [0.15, 0.2) is 24.3 Å². The summed E-state index contributed by atoms with van der Waals surface area (Å²) in [5, 5.41) is 0. The summed E-state index contributed by atoms with van der Waals surface area (Å²) in [7, 11) is 3.26. The zero-order valence-corrected chi connectivity index (χ0v) is 19.3. The van der Waals surface area contributed by atoms with E-state index in [1.54, 1.807) is 21.1 Å². The number of hydrogen-bond acceptors (Lipinski definition) is 5. The van der Waals surface area contributed by atoms with Gasteiger partial charge >= 0.3 is 0 Å². The highest BCUT2D eigenvalue weighted by atomic mass is 16.5. The first-order valence-corrected chi connectivity index (χ1v) is 11.2. The number of rotatable bonds is 4. The molecule has 32 heavy (non-hydrogen) atoms. The van der Waals surface area contributed by atoms with E-state index in [9.17, 15) is 9.59 Å². The average Bonchev–Trinajstić information content (AvgIpc) is 2.82. The number of carbonyl (C=O) groups is 2. The average molecular weight is 438 g/mol. The van der Waals surface area contributed by atoms with Gasteiger partial charge in [0.05, 0.1) is 25.5 Å². The van der Waals surface area contributed by atoms with Crippen LogP contribution < -0.4 is 9.47 Å². The maximum atomic E-state index is 13.6. The van der Waals surface area contributed by atoms with Crippen LogP contribution in [-0.2, 0) is 17.8 Å². The molecule has 7 nitrogen and oxygen atoms in total. The van der Waals surface area contributed by atoms with Gasteiger partial charge < -0.3 is 19.3 Å². The van der Waals surface area contributed by atoms with Crippen molar-refractivity contribution < 1.29 is 19.1 Å². The van der Waals surface area contributed by atoms with Gasteiger partial charge in [-0.25, -0.2) is 0 Å². The van der Waals surface area contributed by atoms with Crippen molar-refractivity contribution in [2.75, 3.05) is 33.9 Å². The Bertz CT molecular complexity index is 1030. The van der Waals surface area contributed by atoms with E-state index < -0.39 is 0 Å². The summed E-state index contributed by atoms with van der Waals surface area (Å²) in [6.45, 7) is 6.17. The number of aromatic nitrogens is 1. The third-order valence-electron chi connectivity index (χ3n) is 6.63. The van der Waals surface area contributed by atoms with Crippen molar-refractivity contribution in [1.29, 1.82) is 0 Å². The molecule has 7 heteroatoms. The van der Waals surface area contributed by atoms with Crippen LogP contribution in [0.2, 0.25) is 0 Å². The first kappa shape index (κ1) is 22.1. The molecular formula is C25H31N3O4. The minimum atomic E-state index is 0.0157. The van der Waals surface area contributed by atoms with Gasteiger partial charge in [-0.1, -0.05) is 0 Å². The third kappa shape index (κ3) is 4.29.